The number of hydrogen-bond acceptors (Lipinski definition) is 1. The molecule has 0 aliphatic rings. The van der Waals surface area contributed by atoms with E-state index >= 15 is 0 Å². The van der Waals surface area contributed by atoms with Crippen LogP contribution in [-0.2, 0) is 0 Å². The van der Waals surface area contributed by atoms with Crippen molar-refractivity contribution in [1.29, 1.82) is 0 Å². The van der Waals surface area contributed by atoms with E-state index in [4.69, 9.17) is 5.11 Å². The van der Waals surface area contributed by atoms with E-state index < -0.39 is 0 Å². The monoisotopic (exact) mass is 112 g/mol. The van der Waals surface area contributed by atoms with Crippen LogP contribution in [0, 0.1) is 0 Å². The molecule has 0 radical (unpaired) electrons. The average Bonchev–Trinajstić information content (AvgIpc) is 1.83. The zero-order chi connectivity index (χ0) is 6.41. The first-order valence-corrected chi connectivity index (χ1v) is 2.77. The van der Waals surface area contributed by atoms with Gasteiger partial charge < -0.3 is 5.11 Å². The smallest absolute Gasteiger partial charge is 0.0791 e. The molecular weight excluding hydrogens is 100 g/mol. The van der Waals surface area contributed by atoms with E-state index in [-0.39, 0.29) is 0 Å². The third kappa shape index (κ3) is 3.47. The van der Waals surface area contributed by atoms with Gasteiger partial charge in [0.1, 0.15) is 0 Å². The molecule has 0 atom stereocenters. The molecule has 0 aliphatic heterocycles. The van der Waals surface area contributed by atoms with E-state index in [1.807, 2.05) is 13.0 Å². The molecule has 0 amide bonds. The number of rotatable bonds is 2. The van der Waals surface area contributed by atoms with Crippen LogP contribution in [0.5, 0.6) is 0 Å². The van der Waals surface area contributed by atoms with Crippen LogP contribution in [0.25, 0.3) is 0 Å². The number of allylic oxidation sites excluding steroid dienone is 3. The van der Waals surface area contributed by atoms with Crippen molar-refractivity contribution >= 4 is 0 Å². The van der Waals surface area contributed by atoms with Crippen molar-refractivity contribution in [3.8, 4) is 0 Å². The summed E-state index contributed by atoms with van der Waals surface area (Å²) < 4.78 is 0. The summed E-state index contributed by atoms with van der Waals surface area (Å²) in [4.78, 5) is 0. The van der Waals surface area contributed by atoms with Crippen molar-refractivity contribution in [3.05, 3.63) is 24.0 Å². The first-order chi connectivity index (χ1) is 3.81. The Morgan fingerprint density at radius 3 is 2.62 bits per heavy atom. The Hall–Kier alpha value is -0.720. The van der Waals surface area contributed by atoms with Crippen LogP contribution in [-0.4, -0.2) is 5.11 Å². The quantitative estimate of drug-likeness (QED) is 0.429. The van der Waals surface area contributed by atoms with Crippen LogP contribution in [0.3, 0.4) is 0 Å². The van der Waals surface area contributed by atoms with Gasteiger partial charge in [0.05, 0.1) is 6.26 Å². The minimum absolute atomic E-state index is 1.04. The molecule has 46 valence electrons. The van der Waals surface area contributed by atoms with Crippen LogP contribution in [0.4, 0.5) is 0 Å². The number of aliphatic hydroxyl groups excluding tert-OH is 1. The molecule has 0 aromatic heterocycles. The van der Waals surface area contributed by atoms with E-state index in [9.17, 15) is 0 Å². The van der Waals surface area contributed by atoms with Crippen LogP contribution >= 0.6 is 0 Å². The van der Waals surface area contributed by atoms with Gasteiger partial charge in [-0.3, -0.25) is 0 Å². The lowest BCUT2D eigenvalue weighted by molar-refractivity contribution is 0.473. The van der Waals surface area contributed by atoms with Crippen LogP contribution in [0.15, 0.2) is 24.0 Å². The van der Waals surface area contributed by atoms with Gasteiger partial charge in [-0.25, -0.2) is 0 Å². The zero-order valence-electron chi connectivity index (χ0n) is 5.39. The lowest BCUT2D eigenvalue weighted by atomic mass is 10.2. The highest BCUT2D eigenvalue weighted by atomic mass is 16.2. The van der Waals surface area contributed by atoms with Crippen LogP contribution < -0.4 is 0 Å². The highest BCUT2D eigenvalue weighted by Crippen LogP contribution is 1.96. The van der Waals surface area contributed by atoms with Gasteiger partial charge in [-0.1, -0.05) is 18.6 Å². The Kier molecular flexibility index (Phi) is 4.04. The van der Waals surface area contributed by atoms with E-state index in [0.29, 0.717) is 0 Å². The molecule has 0 bridgehead atoms. The summed E-state index contributed by atoms with van der Waals surface area (Å²) >= 11 is 0. The van der Waals surface area contributed by atoms with Crippen molar-refractivity contribution in [2.24, 2.45) is 0 Å². The molecule has 1 heteroatoms. The fourth-order valence-electron chi connectivity index (χ4n) is 0.325. The minimum atomic E-state index is 1.04. The van der Waals surface area contributed by atoms with E-state index in [0.717, 1.165) is 12.7 Å². The maximum atomic E-state index is 8.19. The summed E-state index contributed by atoms with van der Waals surface area (Å²) in [7, 11) is 0. The Labute approximate surface area is 50.3 Å². The predicted molar refractivity (Wildman–Crippen MR) is 35.8 cm³/mol. The van der Waals surface area contributed by atoms with Crippen molar-refractivity contribution in [3.63, 3.8) is 0 Å². The molecule has 0 aromatic rings. The van der Waals surface area contributed by atoms with Crippen molar-refractivity contribution in [2.45, 2.75) is 20.3 Å². The largest absolute Gasteiger partial charge is 0.516 e. The SMILES string of the molecule is CC/C(C)=C/C=C\O. The van der Waals surface area contributed by atoms with E-state index in [1.165, 1.54) is 5.57 Å². The molecule has 0 heterocycles. The lowest BCUT2D eigenvalue weighted by Crippen LogP contribution is -1.66. The van der Waals surface area contributed by atoms with Crippen molar-refractivity contribution in [1.82, 2.24) is 0 Å². The van der Waals surface area contributed by atoms with E-state index in [2.05, 4.69) is 6.92 Å². The molecule has 0 fully saturated rings. The summed E-state index contributed by atoms with van der Waals surface area (Å²) in [5.41, 5.74) is 1.27. The van der Waals surface area contributed by atoms with Gasteiger partial charge in [-0.15, -0.1) is 0 Å². The maximum absolute atomic E-state index is 8.19. The molecule has 0 spiro atoms. The summed E-state index contributed by atoms with van der Waals surface area (Å²) in [6.45, 7) is 4.11. The Morgan fingerprint density at radius 2 is 2.25 bits per heavy atom. The van der Waals surface area contributed by atoms with Gasteiger partial charge in [-0.2, -0.15) is 0 Å². The molecule has 1 nitrogen and oxygen atoms in total. The molecule has 0 saturated carbocycles. The fraction of sp³-hybridized carbons (Fsp3) is 0.429. The second-order valence-corrected chi connectivity index (χ2v) is 1.71. The summed E-state index contributed by atoms with van der Waals surface area (Å²) in [6.07, 6.45) is 5.60. The molecule has 0 unspecified atom stereocenters. The normalized spacial score (nSPS) is 13.0. The summed E-state index contributed by atoms with van der Waals surface area (Å²) in [5.74, 6) is 0. The third-order valence-corrected chi connectivity index (χ3v) is 1.02. The Balaban J connectivity index is 3.57. The van der Waals surface area contributed by atoms with E-state index in [1.54, 1.807) is 6.08 Å². The molecular formula is C7H12O. The van der Waals surface area contributed by atoms with Crippen molar-refractivity contribution in [2.75, 3.05) is 0 Å². The second-order valence-electron chi connectivity index (χ2n) is 1.71. The average molecular weight is 112 g/mol. The zero-order valence-corrected chi connectivity index (χ0v) is 5.39. The third-order valence-electron chi connectivity index (χ3n) is 1.02. The van der Waals surface area contributed by atoms with Gasteiger partial charge in [0.2, 0.25) is 0 Å². The summed E-state index contributed by atoms with van der Waals surface area (Å²) in [5, 5.41) is 8.19. The molecule has 0 rings (SSSR count). The standard InChI is InChI=1S/C7H12O/c1-3-7(2)5-4-6-8/h4-6,8H,3H2,1-2H3/b6-4-,7-5+. The molecule has 0 aromatic carbocycles. The minimum Gasteiger partial charge on any atom is -0.516 e. The number of hydrogen-bond donors (Lipinski definition) is 1. The molecule has 0 aliphatic carbocycles. The van der Waals surface area contributed by atoms with Gasteiger partial charge >= 0.3 is 0 Å². The van der Waals surface area contributed by atoms with Crippen molar-refractivity contribution < 1.29 is 5.11 Å². The molecule has 0 saturated heterocycles. The topological polar surface area (TPSA) is 20.2 Å². The van der Waals surface area contributed by atoms with Crippen LogP contribution in [0.2, 0.25) is 0 Å². The first-order valence-electron chi connectivity index (χ1n) is 2.77. The Bertz CT molecular complexity index is 101. The predicted octanol–water partition coefficient (Wildman–Crippen LogP) is 2.41. The lowest BCUT2D eigenvalue weighted by Gasteiger charge is -1.86. The maximum Gasteiger partial charge on any atom is 0.0791 e. The summed E-state index contributed by atoms with van der Waals surface area (Å²) in [6, 6.07) is 0. The van der Waals surface area contributed by atoms with Gasteiger partial charge in [0.15, 0.2) is 0 Å². The number of aliphatic hydroxyl groups is 1. The highest BCUT2D eigenvalue weighted by Gasteiger charge is 1.76. The van der Waals surface area contributed by atoms with Gasteiger partial charge in [-0.05, 0) is 19.4 Å². The molecule has 1 N–H and O–H groups in total. The highest BCUT2D eigenvalue weighted by molar-refractivity contribution is 5.07. The molecule has 8 heavy (non-hydrogen) atoms. The van der Waals surface area contributed by atoms with Gasteiger partial charge in [0, 0.05) is 0 Å². The Morgan fingerprint density at radius 1 is 1.62 bits per heavy atom. The first kappa shape index (κ1) is 7.28. The van der Waals surface area contributed by atoms with Crippen LogP contribution in [0.1, 0.15) is 20.3 Å². The fourth-order valence-corrected chi connectivity index (χ4v) is 0.325. The second kappa shape index (κ2) is 4.44. The van der Waals surface area contributed by atoms with Gasteiger partial charge in [0.25, 0.3) is 0 Å².